The van der Waals surface area contributed by atoms with Gasteiger partial charge in [0, 0.05) is 30.0 Å². The van der Waals surface area contributed by atoms with E-state index in [9.17, 15) is 18.4 Å². The van der Waals surface area contributed by atoms with Gasteiger partial charge < -0.3 is 9.80 Å². The van der Waals surface area contributed by atoms with Crippen LogP contribution in [0.5, 0.6) is 0 Å². The summed E-state index contributed by atoms with van der Waals surface area (Å²) in [4.78, 5) is 28.5. The lowest BCUT2D eigenvalue weighted by atomic mass is 9.76. The number of benzene rings is 1. The molecule has 0 N–H and O–H groups in total. The van der Waals surface area contributed by atoms with Gasteiger partial charge in [0.05, 0.1) is 13.1 Å². The molecule has 2 amide bonds. The molecule has 0 bridgehead atoms. The Kier molecular flexibility index (Phi) is 3.81. The summed E-state index contributed by atoms with van der Waals surface area (Å²) in [5.74, 6) is -3.10. The Morgan fingerprint density at radius 2 is 1.72 bits per heavy atom. The molecule has 1 saturated carbocycles. The van der Waals surface area contributed by atoms with Crippen molar-refractivity contribution in [3.05, 3.63) is 35.9 Å². The van der Waals surface area contributed by atoms with E-state index in [1.807, 2.05) is 23.1 Å². The molecule has 1 spiro atoms. The van der Waals surface area contributed by atoms with Gasteiger partial charge >= 0.3 is 0 Å². The first-order chi connectivity index (χ1) is 11.9. The van der Waals surface area contributed by atoms with Crippen LogP contribution >= 0.6 is 0 Å². The van der Waals surface area contributed by atoms with E-state index >= 15 is 0 Å². The van der Waals surface area contributed by atoms with Crippen LogP contribution in [0.4, 0.5) is 8.78 Å². The van der Waals surface area contributed by atoms with Crippen LogP contribution in [-0.4, -0.2) is 53.7 Å². The Labute approximate surface area is 145 Å². The smallest absolute Gasteiger partial charge is 0.282 e. The fourth-order valence-corrected chi connectivity index (χ4v) is 4.73. The highest BCUT2D eigenvalue weighted by molar-refractivity contribution is 5.94. The van der Waals surface area contributed by atoms with Crippen molar-refractivity contribution in [2.24, 2.45) is 11.3 Å². The molecule has 0 radical (unpaired) electrons. The second kappa shape index (κ2) is 5.78. The monoisotopic (exact) mass is 348 g/mol. The molecule has 4 rings (SSSR count). The van der Waals surface area contributed by atoms with Crippen LogP contribution in [0.25, 0.3) is 0 Å². The van der Waals surface area contributed by atoms with Gasteiger partial charge in [0.2, 0.25) is 5.91 Å². The summed E-state index contributed by atoms with van der Waals surface area (Å²) < 4.78 is 26.2. The van der Waals surface area contributed by atoms with E-state index in [1.54, 1.807) is 12.1 Å². The SMILES string of the molecule is O=C(c1ccccc1)N1CCC2(CCCC2C(=O)N2CC(F)(F)C2)C1. The van der Waals surface area contributed by atoms with Crippen LogP contribution in [0.3, 0.4) is 0 Å². The third kappa shape index (κ3) is 2.81. The van der Waals surface area contributed by atoms with E-state index in [0.717, 1.165) is 25.7 Å². The second-order valence-corrected chi connectivity index (χ2v) is 7.70. The normalized spacial score (nSPS) is 30.6. The van der Waals surface area contributed by atoms with E-state index in [1.165, 1.54) is 4.90 Å². The summed E-state index contributed by atoms with van der Waals surface area (Å²) in [5, 5.41) is 0. The van der Waals surface area contributed by atoms with E-state index in [0.29, 0.717) is 18.7 Å². The standard InChI is InChI=1S/C19H22F2N2O2/c20-19(21)12-23(13-19)17(25)15-7-4-8-18(15)9-10-22(11-18)16(24)14-5-2-1-3-6-14/h1-3,5-6,15H,4,7-13H2. The van der Waals surface area contributed by atoms with Crippen molar-refractivity contribution in [2.45, 2.75) is 31.6 Å². The van der Waals surface area contributed by atoms with Gasteiger partial charge in [-0.1, -0.05) is 24.6 Å². The quantitative estimate of drug-likeness (QED) is 0.825. The summed E-state index contributed by atoms with van der Waals surface area (Å²) in [5.41, 5.74) is 0.426. The number of hydrogen-bond acceptors (Lipinski definition) is 2. The second-order valence-electron chi connectivity index (χ2n) is 7.70. The lowest BCUT2D eigenvalue weighted by Gasteiger charge is -2.42. The largest absolute Gasteiger partial charge is 0.338 e. The van der Waals surface area contributed by atoms with Crippen LogP contribution < -0.4 is 0 Å². The average molecular weight is 348 g/mol. The molecule has 2 atom stereocenters. The van der Waals surface area contributed by atoms with E-state index < -0.39 is 19.0 Å². The van der Waals surface area contributed by atoms with Crippen LogP contribution in [-0.2, 0) is 4.79 Å². The lowest BCUT2D eigenvalue weighted by Crippen LogP contribution is -2.60. The molecule has 2 unspecified atom stereocenters. The highest BCUT2D eigenvalue weighted by Crippen LogP contribution is 2.51. The van der Waals surface area contributed by atoms with Crippen molar-refractivity contribution in [1.82, 2.24) is 9.80 Å². The maximum absolute atomic E-state index is 13.1. The first-order valence-electron chi connectivity index (χ1n) is 8.91. The van der Waals surface area contributed by atoms with Gasteiger partial charge in [-0.25, -0.2) is 8.78 Å². The Bertz CT molecular complexity index is 686. The molecular formula is C19H22F2N2O2. The molecule has 2 saturated heterocycles. The maximum atomic E-state index is 13.1. The highest BCUT2D eigenvalue weighted by atomic mass is 19.3. The van der Waals surface area contributed by atoms with E-state index in [-0.39, 0.29) is 23.1 Å². The molecule has 0 aromatic heterocycles. The number of carbonyl (C=O) groups excluding carboxylic acids is 2. The molecule has 3 fully saturated rings. The van der Waals surface area contributed by atoms with Gasteiger partial charge in [0.1, 0.15) is 0 Å². The number of amides is 2. The minimum atomic E-state index is -2.73. The third-order valence-electron chi connectivity index (χ3n) is 6.05. The zero-order valence-corrected chi connectivity index (χ0v) is 14.1. The fourth-order valence-electron chi connectivity index (χ4n) is 4.73. The summed E-state index contributed by atoms with van der Waals surface area (Å²) >= 11 is 0. The Hall–Kier alpha value is -1.98. The number of carbonyl (C=O) groups is 2. The zero-order chi connectivity index (χ0) is 17.7. The van der Waals surface area contributed by atoms with Crippen LogP contribution in [0.1, 0.15) is 36.0 Å². The summed E-state index contributed by atoms with van der Waals surface area (Å²) in [6.07, 6.45) is 3.35. The van der Waals surface area contributed by atoms with Crippen molar-refractivity contribution in [1.29, 1.82) is 0 Å². The average Bonchev–Trinajstić information content (AvgIpc) is 3.20. The van der Waals surface area contributed by atoms with Crippen molar-refractivity contribution < 1.29 is 18.4 Å². The Morgan fingerprint density at radius 1 is 1.00 bits per heavy atom. The number of rotatable bonds is 2. The minimum absolute atomic E-state index is 0.00828. The van der Waals surface area contributed by atoms with Crippen molar-refractivity contribution >= 4 is 11.8 Å². The molecule has 4 nitrogen and oxygen atoms in total. The predicted octanol–water partition coefficient (Wildman–Crippen LogP) is 2.80. The van der Waals surface area contributed by atoms with Crippen LogP contribution in [0.15, 0.2) is 30.3 Å². The number of alkyl halides is 2. The molecule has 2 aliphatic heterocycles. The molecule has 2 heterocycles. The van der Waals surface area contributed by atoms with E-state index in [2.05, 4.69) is 0 Å². The Morgan fingerprint density at radius 3 is 2.40 bits per heavy atom. The molecule has 1 aliphatic carbocycles. The number of likely N-dealkylation sites (tertiary alicyclic amines) is 2. The first kappa shape index (κ1) is 16.5. The topological polar surface area (TPSA) is 40.6 Å². The van der Waals surface area contributed by atoms with Gasteiger partial charge in [0.25, 0.3) is 11.8 Å². The van der Waals surface area contributed by atoms with Crippen LogP contribution in [0.2, 0.25) is 0 Å². The molecule has 25 heavy (non-hydrogen) atoms. The van der Waals surface area contributed by atoms with E-state index in [4.69, 9.17) is 0 Å². The fraction of sp³-hybridized carbons (Fsp3) is 0.579. The Balaban J connectivity index is 1.47. The first-order valence-corrected chi connectivity index (χ1v) is 8.91. The molecule has 1 aromatic rings. The summed E-state index contributed by atoms with van der Waals surface area (Å²) in [6, 6.07) is 9.15. The van der Waals surface area contributed by atoms with Crippen molar-refractivity contribution in [3.63, 3.8) is 0 Å². The lowest BCUT2D eigenvalue weighted by molar-refractivity contribution is -0.172. The number of halogens is 2. The molecule has 1 aromatic carbocycles. The van der Waals surface area contributed by atoms with Gasteiger partial charge in [-0.05, 0) is 31.4 Å². The molecule has 3 aliphatic rings. The van der Waals surface area contributed by atoms with Gasteiger partial charge in [-0.2, -0.15) is 0 Å². The molecule has 6 heteroatoms. The van der Waals surface area contributed by atoms with Gasteiger partial charge in [-0.3, -0.25) is 9.59 Å². The van der Waals surface area contributed by atoms with Crippen molar-refractivity contribution in [2.75, 3.05) is 26.2 Å². The zero-order valence-electron chi connectivity index (χ0n) is 14.1. The predicted molar refractivity (Wildman–Crippen MR) is 88.3 cm³/mol. The third-order valence-corrected chi connectivity index (χ3v) is 6.05. The van der Waals surface area contributed by atoms with Gasteiger partial charge in [-0.15, -0.1) is 0 Å². The number of hydrogen-bond donors (Lipinski definition) is 0. The summed E-state index contributed by atoms with van der Waals surface area (Å²) in [7, 11) is 0. The summed E-state index contributed by atoms with van der Waals surface area (Å²) in [6.45, 7) is 0.283. The minimum Gasteiger partial charge on any atom is -0.338 e. The van der Waals surface area contributed by atoms with Crippen LogP contribution in [0, 0.1) is 11.3 Å². The molecular weight excluding hydrogens is 326 g/mol. The van der Waals surface area contributed by atoms with Crippen molar-refractivity contribution in [3.8, 4) is 0 Å². The van der Waals surface area contributed by atoms with Gasteiger partial charge in [0.15, 0.2) is 0 Å². The molecule has 134 valence electrons. The number of nitrogens with zero attached hydrogens (tertiary/aromatic N) is 2. The maximum Gasteiger partial charge on any atom is 0.282 e. The highest BCUT2D eigenvalue weighted by Gasteiger charge is 2.55.